The lowest BCUT2D eigenvalue weighted by atomic mass is 10.0. The largest absolute Gasteiger partial charge is 0.494 e. The first-order chi connectivity index (χ1) is 20.1. The van der Waals surface area contributed by atoms with Crippen LogP contribution in [0.25, 0.3) is 11.1 Å². The van der Waals surface area contributed by atoms with Crippen LogP contribution in [0.3, 0.4) is 0 Å². The van der Waals surface area contributed by atoms with Crippen molar-refractivity contribution in [3.8, 4) is 40.2 Å². The molecule has 0 saturated carbocycles. The Labute approximate surface area is 242 Å². The van der Waals surface area contributed by atoms with E-state index in [0.717, 1.165) is 54.7 Å². The van der Waals surface area contributed by atoms with E-state index in [4.69, 9.17) is 24.2 Å². The molecule has 0 aromatic heterocycles. The Morgan fingerprint density at radius 1 is 0.585 bits per heavy atom. The van der Waals surface area contributed by atoms with Crippen LogP contribution in [-0.2, 0) is 0 Å². The molecule has 0 aliphatic heterocycles. The summed E-state index contributed by atoms with van der Waals surface area (Å²) in [6, 6.07) is 31.7. The molecule has 4 rings (SSSR count). The Hall–Kier alpha value is -4.76. The molecule has 6 nitrogen and oxygen atoms in total. The lowest BCUT2D eigenvalue weighted by Gasteiger charge is -2.09. The van der Waals surface area contributed by atoms with Crippen LogP contribution in [-0.4, -0.2) is 25.8 Å². The maximum absolute atomic E-state index is 12.5. The van der Waals surface area contributed by atoms with Gasteiger partial charge in [-0.1, -0.05) is 37.6 Å². The summed E-state index contributed by atoms with van der Waals surface area (Å²) in [6.07, 6.45) is 4.90. The monoisotopic (exact) mass is 549 g/mol. The molecule has 0 saturated heterocycles. The highest BCUT2D eigenvalue weighted by atomic mass is 16.5. The van der Waals surface area contributed by atoms with Gasteiger partial charge in [0.05, 0.1) is 37.0 Å². The number of nitriles is 1. The molecule has 0 radical (unpaired) electrons. The van der Waals surface area contributed by atoms with Gasteiger partial charge in [0, 0.05) is 0 Å². The van der Waals surface area contributed by atoms with E-state index in [1.807, 2.05) is 48.5 Å². The number of nitrogens with zero attached hydrogens (tertiary/aromatic N) is 1. The van der Waals surface area contributed by atoms with Crippen LogP contribution in [0, 0.1) is 11.3 Å². The van der Waals surface area contributed by atoms with Crippen molar-refractivity contribution in [3.05, 3.63) is 108 Å². The minimum atomic E-state index is -0.417. The fourth-order valence-electron chi connectivity index (χ4n) is 4.03. The van der Waals surface area contributed by atoms with Crippen LogP contribution in [0.2, 0.25) is 0 Å². The average Bonchev–Trinajstić information content (AvgIpc) is 3.02. The molecule has 0 aliphatic carbocycles. The zero-order valence-corrected chi connectivity index (χ0v) is 23.4. The van der Waals surface area contributed by atoms with Crippen LogP contribution >= 0.6 is 0 Å². The van der Waals surface area contributed by atoms with E-state index in [2.05, 4.69) is 13.0 Å². The van der Waals surface area contributed by atoms with Crippen LogP contribution < -0.4 is 18.9 Å². The van der Waals surface area contributed by atoms with Crippen molar-refractivity contribution in [2.45, 2.75) is 39.0 Å². The Morgan fingerprint density at radius 3 is 1.54 bits per heavy atom. The number of hydrogen-bond acceptors (Lipinski definition) is 6. The summed E-state index contributed by atoms with van der Waals surface area (Å²) in [6.45, 7) is 4.03. The van der Waals surface area contributed by atoms with Gasteiger partial charge in [0.2, 0.25) is 0 Å². The number of ether oxygens (including phenoxy) is 4. The molecule has 41 heavy (non-hydrogen) atoms. The molecule has 0 amide bonds. The van der Waals surface area contributed by atoms with Gasteiger partial charge in [-0.3, -0.25) is 0 Å². The first-order valence-electron chi connectivity index (χ1n) is 14.1. The molecule has 0 N–H and O–H groups in total. The van der Waals surface area contributed by atoms with E-state index in [0.29, 0.717) is 42.4 Å². The second-order valence-electron chi connectivity index (χ2n) is 9.56. The summed E-state index contributed by atoms with van der Waals surface area (Å²) in [5.41, 5.74) is 3.27. The topological polar surface area (TPSA) is 77.8 Å². The average molecular weight is 550 g/mol. The molecule has 0 aliphatic rings. The Bertz CT molecular complexity index is 1390. The van der Waals surface area contributed by atoms with Crippen LogP contribution in [0.1, 0.15) is 54.9 Å². The molecular weight excluding hydrogens is 514 g/mol. The van der Waals surface area contributed by atoms with Crippen molar-refractivity contribution in [1.82, 2.24) is 0 Å². The van der Waals surface area contributed by atoms with Gasteiger partial charge in [-0.25, -0.2) is 4.79 Å². The summed E-state index contributed by atoms with van der Waals surface area (Å²) in [4.78, 5) is 12.5. The molecule has 0 unspecified atom stereocenters. The smallest absolute Gasteiger partial charge is 0.343 e. The van der Waals surface area contributed by atoms with E-state index in [9.17, 15) is 4.79 Å². The number of unbranched alkanes of at least 4 members (excludes halogenated alkanes) is 3. The SMILES string of the molecule is CCCCOc1ccc(OC(=O)c2ccc(OCCCCCOc3ccc(-c4ccc(C#N)cc4)cc3)cc2)cc1. The highest BCUT2D eigenvalue weighted by Crippen LogP contribution is 2.23. The molecule has 210 valence electrons. The first kappa shape index (κ1) is 29.2. The Balaban J connectivity index is 1.09. The zero-order valence-electron chi connectivity index (χ0n) is 23.4. The van der Waals surface area contributed by atoms with Crippen molar-refractivity contribution in [1.29, 1.82) is 5.26 Å². The normalized spacial score (nSPS) is 10.4. The Morgan fingerprint density at radius 2 is 1.02 bits per heavy atom. The van der Waals surface area contributed by atoms with E-state index in [-0.39, 0.29) is 0 Å². The summed E-state index contributed by atoms with van der Waals surface area (Å²) in [5.74, 6) is 2.38. The van der Waals surface area contributed by atoms with Crippen molar-refractivity contribution < 1.29 is 23.7 Å². The molecular formula is C35H35NO5. The van der Waals surface area contributed by atoms with Gasteiger partial charge in [-0.05, 0) is 110 Å². The van der Waals surface area contributed by atoms with Gasteiger partial charge >= 0.3 is 5.97 Å². The number of hydrogen-bond donors (Lipinski definition) is 0. The summed E-state index contributed by atoms with van der Waals surface area (Å²) in [7, 11) is 0. The second-order valence-corrected chi connectivity index (χ2v) is 9.56. The lowest BCUT2D eigenvalue weighted by Crippen LogP contribution is -2.08. The molecule has 0 fully saturated rings. The highest BCUT2D eigenvalue weighted by molar-refractivity contribution is 5.91. The fraction of sp³-hybridized carbons (Fsp3) is 0.257. The molecule has 4 aromatic carbocycles. The van der Waals surface area contributed by atoms with Crippen molar-refractivity contribution in [2.75, 3.05) is 19.8 Å². The van der Waals surface area contributed by atoms with Gasteiger partial charge in [-0.15, -0.1) is 0 Å². The molecule has 0 heterocycles. The minimum Gasteiger partial charge on any atom is -0.494 e. The van der Waals surface area contributed by atoms with Gasteiger partial charge in [0.25, 0.3) is 0 Å². The molecule has 0 bridgehead atoms. The summed E-state index contributed by atoms with van der Waals surface area (Å²) in [5, 5.41) is 8.94. The number of benzene rings is 4. The van der Waals surface area contributed by atoms with Gasteiger partial charge < -0.3 is 18.9 Å². The van der Waals surface area contributed by atoms with E-state index in [1.54, 1.807) is 48.5 Å². The van der Waals surface area contributed by atoms with Gasteiger partial charge in [0.15, 0.2) is 0 Å². The molecule has 4 aromatic rings. The number of carbonyl (C=O) groups is 1. The van der Waals surface area contributed by atoms with Crippen molar-refractivity contribution in [2.24, 2.45) is 0 Å². The third-order valence-corrected chi connectivity index (χ3v) is 6.42. The number of esters is 1. The quantitative estimate of drug-likeness (QED) is 0.0844. The fourth-order valence-corrected chi connectivity index (χ4v) is 4.03. The Kier molecular flexibility index (Phi) is 11.2. The summed E-state index contributed by atoms with van der Waals surface area (Å²) >= 11 is 0. The van der Waals surface area contributed by atoms with E-state index >= 15 is 0 Å². The van der Waals surface area contributed by atoms with Gasteiger partial charge in [-0.2, -0.15) is 5.26 Å². The third kappa shape index (κ3) is 9.44. The van der Waals surface area contributed by atoms with Crippen LogP contribution in [0.5, 0.6) is 23.0 Å². The second kappa shape index (κ2) is 15.7. The zero-order chi connectivity index (χ0) is 28.7. The maximum atomic E-state index is 12.5. The van der Waals surface area contributed by atoms with Crippen LogP contribution in [0.15, 0.2) is 97.1 Å². The van der Waals surface area contributed by atoms with E-state index in [1.165, 1.54) is 0 Å². The van der Waals surface area contributed by atoms with E-state index < -0.39 is 5.97 Å². The van der Waals surface area contributed by atoms with Gasteiger partial charge in [0.1, 0.15) is 23.0 Å². The minimum absolute atomic E-state index is 0.417. The number of carbonyl (C=O) groups excluding carboxylic acids is 1. The number of rotatable bonds is 15. The highest BCUT2D eigenvalue weighted by Gasteiger charge is 2.09. The van der Waals surface area contributed by atoms with Crippen molar-refractivity contribution >= 4 is 5.97 Å². The predicted octanol–water partition coefficient (Wildman–Crippen LogP) is 8.25. The predicted molar refractivity (Wildman–Crippen MR) is 160 cm³/mol. The lowest BCUT2D eigenvalue weighted by molar-refractivity contribution is 0.0734. The first-order valence-corrected chi connectivity index (χ1v) is 14.1. The molecule has 0 spiro atoms. The molecule has 6 heteroatoms. The third-order valence-electron chi connectivity index (χ3n) is 6.42. The maximum Gasteiger partial charge on any atom is 0.343 e. The molecule has 0 atom stereocenters. The van der Waals surface area contributed by atoms with Crippen LogP contribution in [0.4, 0.5) is 0 Å². The standard InChI is InChI=1S/C35H35NO5/c1-2-3-23-38-33-19-21-34(22-20-33)41-35(37)30-13-17-32(18-14-30)40-25-6-4-5-24-39-31-15-11-29(12-16-31)28-9-7-27(26-36)8-10-28/h7-22H,2-6,23-25H2,1H3. The van der Waals surface area contributed by atoms with Crippen molar-refractivity contribution in [3.63, 3.8) is 0 Å². The summed E-state index contributed by atoms with van der Waals surface area (Å²) < 4.78 is 22.8.